The van der Waals surface area contributed by atoms with Crippen LogP contribution in [0.4, 0.5) is 10.1 Å². The number of fused-ring (bicyclic) bond motifs is 1. The molecule has 2 heterocycles. The molecule has 1 aromatic carbocycles. The molecular formula is C23H29ClFN5O. The number of amides is 1. The summed E-state index contributed by atoms with van der Waals surface area (Å²) in [4.78, 5) is 22.8. The van der Waals surface area contributed by atoms with Crippen LogP contribution in [0.5, 0.6) is 0 Å². The van der Waals surface area contributed by atoms with Crippen molar-refractivity contribution >= 4 is 23.2 Å². The smallest absolute Gasteiger partial charge is 0.274 e. The van der Waals surface area contributed by atoms with E-state index in [1.165, 1.54) is 24.6 Å². The van der Waals surface area contributed by atoms with Gasteiger partial charge in [-0.15, -0.1) is 0 Å². The van der Waals surface area contributed by atoms with Gasteiger partial charge in [0.1, 0.15) is 11.5 Å². The molecule has 166 valence electrons. The van der Waals surface area contributed by atoms with Crippen molar-refractivity contribution in [2.75, 3.05) is 38.5 Å². The lowest BCUT2D eigenvalue weighted by atomic mass is 9.70. The number of hydrogen-bond donors (Lipinski definition) is 1. The third kappa shape index (κ3) is 3.88. The number of hydrogen-bond acceptors (Lipinski definition) is 4. The number of nitrogens with one attached hydrogen (secondary N) is 1. The first-order chi connectivity index (χ1) is 14.9. The van der Waals surface area contributed by atoms with Crippen LogP contribution < -0.4 is 5.32 Å². The summed E-state index contributed by atoms with van der Waals surface area (Å²) in [5.41, 5.74) is 1.95. The molecule has 1 aromatic heterocycles. The zero-order chi connectivity index (χ0) is 21.7. The summed E-state index contributed by atoms with van der Waals surface area (Å²) in [5.74, 6) is 1.03. The molecule has 3 fully saturated rings. The number of halogens is 2. The van der Waals surface area contributed by atoms with E-state index in [0.29, 0.717) is 29.3 Å². The van der Waals surface area contributed by atoms with Crippen molar-refractivity contribution in [2.24, 2.45) is 18.9 Å². The Morgan fingerprint density at radius 2 is 1.94 bits per heavy atom. The third-order valence-corrected chi connectivity index (χ3v) is 7.83. The Morgan fingerprint density at radius 1 is 1.16 bits per heavy atom. The van der Waals surface area contributed by atoms with E-state index < -0.39 is 5.82 Å². The van der Waals surface area contributed by atoms with Crippen LogP contribution >= 0.6 is 11.6 Å². The molecule has 5 rings (SSSR count). The molecule has 1 saturated heterocycles. The van der Waals surface area contributed by atoms with E-state index in [0.717, 1.165) is 50.6 Å². The van der Waals surface area contributed by atoms with Crippen molar-refractivity contribution in [1.29, 1.82) is 0 Å². The Kier molecular flexibility index (Phi) is 5.52. The molecule has 8 heteroatoms. The van der Waals surface area contributed by atoms with Gasteiger partial charge in [0.15, 0.2) is 0 Å². The topological polar surface area (TPSA) is 53.4 Å². The number of benzene rings is 1. The fraction of sp³-hybridized carbons (Fsp3) is 0.565. The lowest BCUT2D eigenvalue weighted by Gasteiger charge is -2.49. The number of aryl methyl sites for hydroxylation is 1. The van der Waals surface area contributed by atoms with E-state index in [1.54, 1.807) is 10.9 Å². The third-order valence-electron chi connectivity index (χ3n) is 7.54. The number of likely N-dealkylation sites (N-methyl/N-ethyl adjacent to an activating group) is 1. The van der Waals surface area contributed by atoms with Gasteiger partial charge in [0.25, 0.3) is 5.91 Å². The highest BCUT2D eigenvalue weighted by Gasteiger charge is 2.51. The zero-order valence-corrected chi connectivity index (χ0v) is 18.8. The zero-order valence-electron chi connectivity index (χ0n) is 18.0. The minimum absolute atomic E-state index is 0.00894. The number of carbonyl (C=O) groups excluding carboxylic acids is 1. The maximum Gasteiger partial charge on any atom is 0.274 e. The molecule has 3 aliphatic rings. The number of rotatable bonds is 4. The highest BCUT2D eigenvalue weighted by molar-refractivity contribution is 6.31. The van der Waals surface area contributed by atoms with E-state index in [2.05, 4.69) is 27.1 Å². The van der Waals surface area contributed by atoms with Crippen LogP contribution in [0.2, 0.25) is 5.02 Å². The van der Waals surface area contributed by atoms with Crippen molar-refractivity contribution in [3.8, 4) is 0 Å². The first kappa shape index (κ1) is 20.9. The number of carbonyl (C=O) groups is 1. The summed E-state index contributed by atoms with van der Waals surface area (Å²) in [6.07, 6.45) is 5.20. The van der Waals surface area contributed by atoms with Gasteiger partial charge in [-0.2, -0.15) is 0 Å². The first-order valence-electron chi connectivity index (χ1n) is 11.1. The second kappa shape index (κ2) is 8.19. The Morgan fingerprint density at radius 3 is 2.68 bits per heavy atom. The van der Waals surface area contributed by atoms with Crippen molar-refractivity contribution in [3.63, 3.8) is 0 Å². The van der Waals surface area contributed by atoms with Gasteiger partial charge in [0, 0.05) is 50.9 Å². The number of nitrogens with zero attached hydrogens (tertiary/aromatic N) is 4. The average molecular weight is 446 g/mol. The summed E-state index contributed by atoms with van der Waals surface area (Å²) < 4.78 is 15.2. The van der Waals surface area contributed by atoms with Crippen molar-refractivity contribution in [1.82, 2.24) is 19.4 Å². The van der Waals surface area contributed by atoms with Crippen LogP contribution in [0.25, 0.3) is 0 Å². The molecule has 0 radical (unpaired) electrons. The SMILES string of the molecule is CN1CCN(C2CC3CC(c4ncn(C)c4C(=O)Nc4ccc(F)c(Cl)c4)CC32)CC1. The lowest BCUT2D eigenvalue weighted by Crippen LogP contribution is -2.56. The minimum Gasteiger partial charge on any atom is -0.329 e. The van der Waals surface area contributed by atoms with Crippen molar-refractivity contribution in [3.05, 3.63) is 46.8 Å². The first-order valence-corrected chi connectivity index (χ1v) is 11.5. The van der Waals surface area contributed by atoms with Gasteiger partial charge in [-0.25, -0.2) is 9.37 Å². The monoisotopic (exact) mass is 445 g/mol. The van der Waals surface area contributed by atoms with Crippen LogP contribution in [0.3, 0.4) is 0 Å². The molecule has 1 N–H and O–H groups in total. The van der Waals surface area contributed by atoms with Gasteiger partial charge in [-0.05, 0) is 56.3 Å². The molecule has 4 unspecified atom stereocenters. The summed E-state index contributed by atoms with van der Waals surface area (Å²) >= 11 is 5.86. The van der Waals surface area contributed by atoms with E-state index >= 15 is 0 Å². The minimum atomic E-state index is -0.503. The standard InChI is InChI=1S/C23H29ClFN5O/c1-28-5-7-30(8-6-28)20-11-14-9-15(10-17(14)20)21-22(29(2)13-26-21)23(31)27-16-3-4-19(25)18(24)12-16/h3-4,12-15,17,20H,5-11H2,1-2H3,(H,27,31). The Hall–Kier alpha value is -1.96. The molecule has 6 nitrogen and oxygen atoms in total. The maximum atomic E-state index is 13.4. The number of aromatic nitrogens is 2. The average Bonchev–Trinajstić information content (AvgIpc) is 3.27. The molecule has 2 aromatic rings. The predicted octanol–water partition coefficient (Wildman–Crippen LogP) is 3.59. The summed E-state index contributed by atoms with van der Waals surface area (Å²) in [6, 6.07) is 4.90. The van der Waals surface area contributed by atoms with Gasteiger partial charge < -0.3 is 14.8 Å². The fourth-order valence-corrected chi connectivity index (χ4v) is 5.95. The molecule has 2 aliphatic carbocycles. The lowest BCUT2D eigenvalue weighted by molar-refractivity contribution is -0.00263. The Labute approximate surface area is 187 Å². The van der Waals surface area contributed by atoms with Crippen LogP contribution in [-0.4, -0.2) is 64.5 Å². The fourth-order valence-electron chi connectivity index (χ4n) is 5.77. The highest BCUT2D eigenvalue weighted by atomic mass is 35.5. The van der Waals surface area contributed by atoms with Crippen LogP contribution in [0.1, 0.15) is 41.4 Å². The van der Waals surface area contributed by atoms with Gasteiger partial charge >= 0.3 is 0 Å². The Bertz CT molecular complexity index is 986. The van der Waals surface area contributed by atoms with Crippen LogP contribution in [-0.2, 0) is 7.05 Å². The Balaban J connectivity index is 1.29. The molecule has 1 amide bonds. The summed E-state index contributed by atoms with van der Waals surface area (Å²) in [5, 5.41) is 2.85. The normalized spacial score (nSPS) is 28.9. The molecule has 31 heavy (non-hydrogen) atoms. The number of piperazine rings is 1. The summed E-state index contributed by atoms with van der Waals surface area (Å²) in [7, 11) is 4.04. The molecular weight excluding hydrogens is 417 g/mol. The van der Waals surface area contributed by atoms with Crippen LogP contribution in [0, 0.1) is 17.7 Å². The molecule has 0 spiro atoms. The molecule has 4 atom stereocenters. The van der Waals surface area contributed by atoms with E-state index in [9.17, 15) is 9.18 Å². The maximum absolute atomic E-state index is 13.4. The quantitative estimate of drug-likeness (QED) is 0.781. The van der Waals surface area contributed by atoms with Gasteiger partial charge in [-0.3, -0.25) is 9.69 Å². The number of anilines is 1. The predicted molar refractivity (Wildman–Crippen MR) is 119 cm³/mol. The van der Waals surface area contributed by atoms with Crippen molar-refractivity contribution in [2.45, 2.75) is 31.2 Å². The second-order valence-electron chi connectivity index (χ2n) is 9.41. The van der Waals surface area contributed by atoms with Gasteiger partial charge in [-0.1, -0.05) is 11.6 Å². The van der Waals surface area contributed by atoms with Crippen molar-refractivity contribution < 1.29 is 9.18 Å². The van der Waals surface area contributed by atoms with E-state index in [-0.39, 0.29) is 10.9 Å². The molecule has 0 bridgehead atoms. The van der Waals surface area contributed by atoms with Gasteiger partial charge in [0.2, 0.25) is 0 Å². The largest absolute Gasteiger partial charge is 0.329 e. The van der Waals surface area contributed by atoms with E-state index in [1.807, 2.05) is 7.05 Å². The van der Waals surface area contributed by atoms with Gasteiger partial charge in [0.05, 0.1) is 17.0 Å². The number of imidazole rings is 1. The van der Waals surface area contributed by atoms with E-state index in [4.69, 9.17) is 11.6 Å². The van der Waals surface area contributed by atoms with Crippen LogP contribution in [0.15, 0.2) is 24.5 Å². The summed E-state index contributed by atoms with van der Waals surface area (Å²) in [6.45, 7) is 4.61. The second-order valence-corrected chi connectivity index (χ2v) is 9.81. The highest BCUT2D eigenvalue weighted by Crippen LogP contribution is 2.55. The molecule has 1 aliphatic heterocycles. The molecule has 2 saturated carbocycles.